The van der Waals surface area contributed by atoms with Gasteiger partial charge < -0.3 is 5.11 Å². The molecule has 0 heterocycles. The number of unbranched alkanes of at least 4 members (excludes halogenated alkanes) is 1. The molecule has 0 amide bonds. The van der Waals surface area contributed by atoms with Gasteiger partial charge >= 0.3 is 5.97 Å². The van der Waals surface area contributed by atoms with E-state index in [1.54, 1.807) is 17.8 Å². The predicted molar refractivity (Wildman–Crippen MR) is 63.8 cm³/mol. The molecule has 0 saturated carbocycles. The van der Waals surface area contributed by atoms with Crippen LogP contribution in [0.1, 0.15) is 35.7 Å². The van der Waals surface area contributed by atoms with Gasteiger partial charge in [-0.2, -0.15) is 0 Å². The van der Waals surface area contributed by atoms with Gasteiger partial charge in [0.15, 0.2) is 0 Å². The Kier molecular flexibility index (Phi) is 4.69. The fourth-order valence-electron chi connectivity index (χ4n) is 1.26. The minimum atomic E-state index is -0.835. The van der Waals surface area contributed by atoms with Crippen molar-refractivity contribution >= 4 is 17.7 Å². The van der Waals surface area contributed by atoms with E-state index in [0.29, 0.717) is 5.56 Å². The number of rotatable bonds is 5. The van der Waals surface area contributed by atoms with Gasteiger partial charge in [0.05, 0.1) is 5.56 Å². The molecule has 1 N–H and O–H groups in total. The van der Waals surface area contributed by atoms with Gasteiger partial charge in [0, 0.05) is 4.90 Å². The van der Waals surface area contributed by atoms with Crippen LogP contribution < -0.4 is 0 Å². The van der Waals surface area contributed by atoms with Crippen molar-refractivity contribution in [2.24, 2.45) is 0 Å². The highest BCUT2D eigenvalue weighted by molar-refractivity contribution is 7.99. The first-order valence-electron chi connectivity index (χ1n) is 5.12. The van der Waals surface area contributed by atoms with Crippen LogP contribution in [0, 0.1) is 6.92 Å². The fraction of sp³-hybridized carbons (Fsp3) is 0.417. The van der Waals surface area contributed by atoms with Crippen LogP contribution in [0.5, 0.6) is 0 Å². The zero-order valence-electron chi connectivity index (χ0n) is 9.12. The molecule has 0 bridgehead atoms. The largest absolute Gasteiger partial charge is 0.478 e. The maximum atomic E-state index is 11.0. The minimum Gasteiger partial charge on any atom is -0.478 e. The summed E-state index contributed by atoms with van der Waals surface area (Å²) in [4.78, 5) is 11.9. The summed E-state index contributed by atoms with van der Waals surface area (Å²) in [5.41, 5.74) is 1.42. The topological polar surface area (TPSA) is 37.3 Å². The number of aromatic carboxylic acids is 1. The third-order valence-corrected chi connectivity index (χ3v) is 3.28. The number of aryl methyl sites for hydroxylation is 1. The molecule has 1 rings (SSSR count). The molecular formula is C12H16O2S. The van der Waals surface area contributed by atoms with Gasteiger partial charge in [0.1, 0.15) is 0 Å². The fourth-order valence-corrected chi connectivity index (χ4v) is 2.38. The summed E-state index contributed by atoms with van der Waals surface area (Å²) >= 11 is 1.63. The normalized spacial score (nSPS) is 10.3. The molecule has 0 spiro atoms. The molecule has 0 fully saturated rings. The van der Waals surface area contributed by atoms with Gasteiger partial charge in [-0.05, 0) is 31.2 Å². The smallest absolute Gasteiger partial charge is 0.336 e. The van der Waals surface area contributed by atoms with Crippen molar-refractivity contribution in [3.8, 4) is 0 Å². The lowest BCUT2D eigenvalue weighted by Gasteiger charge is -2.06. The number of benzene rings is 1. The molecule has 15 heavy (non-hydrogen) atoms. The lowest BCUT2D eigenvalue weighted by atomic mass is 10.1. The van der Waals surface area contributed by atoms with Gasteiger partial charge in [-0.25, -0.2) is 4.79 Å². The number of thioether (sulfide) groups is 1. The van der Waals surface area contributed by atoms with Crippen LogP contribution >= 0.6 is 11.8 Å². The zero-order chi connectivity index (χ0) is 11.3. The Labute approximate surface area is 94.7 Å². The second kappa shape index (κ2) is 5.81. The molecule has 0 aromatic heterocycles. The Balaban J connectivity index is 2.81. The third-order valence-electron chi connectivity index (χ3n) is 2.12. The molecule has 0 unspecified atom stereocenters. The molecule has 3 heteroatoms. The third kappa shape index (κ3) is 3.59. The number of carboxylic acids is 1. The van der Waals surface area contributed by atoms with Gasteiger partial charge in [0.25, 0.3) is 0 Å². The van der Waals surface area contributed by atoms with Crippen molar-refractivity contribution in [2.45, 2.75) is 31.6 Å². The van der Waals surface area contributed by atoms with E-state index in [1.165, 1.54) is 0 Å². The first-order chi connectivity index (χ1) is 7.15. The SMILES string of the molecule is CCCCSc1ccc(C)cc1C(=O)O. The molecule has 1 aromatic carbocycles. The molecule has 82 valence electrons. The Morgan fingerprint density at radius 2 is 2.20 bits per heavy atom. The van der Waals surface area contributed by atoms with E-state index in [4.69, 9.17) is 5.11 Å². The molecule has 0 aliphatic carbocycles. The molecule has 0 atom stereocenters. The quantitative estimate of drug-likeness (QED) is 0.613. The molecule has 1 aromatic rings. The zero-order valence-corrected chi connectivity index (χ0v) is 9.93. The highest BCUT2D eigenvalue weighted by Crippen LogP contribution is 2.24. The molecule has 0 radical (unpaired) electrons. The Hall–Kier alpha value is -0.960. The van der Waals surface area contributed by atoms with Gasteiger partial charge in [-0.1, -0.05) is 25.0 Å². The molecule has 0 aliphatic rings. The van der Waals surface area contributed by atoms with Crippen molar-refractivity contribution in [1.29, 1.82) is 0 Å². The standard InChI is InChI=1S/C12H16O2S/c1-3-4-7-15-11-6-5-9(2)8-10(11)12(13)14/h5-6,8H,3-4,7H2,1-2H3,(H,13,14). The van der Waals surface area contributed by atoms with Crippen LogP contribution in [0.25, 0.3) is 0 Å². The highest BCUT2D eigenvalue weighted by Gasteiger charge is 2.09. The first-order valence-corrected chi connectivity index (χ1v) is 6.10. The molecule has 0 aliphatic heterocycles. The summed E-state index contributed by atoms with van der Waals surface area (Å²) in [6.45, 7) is 4.04. The van der Waals surface area contributed by atoms with Crippen molar-refractivity contribution < 1.29 is 9.90 Å². The maximum absolute atomic E-state index is 11.0. The summed E-state index contributed by atoms with van der Waals surface area (Å²) in [5.74, 6) is 0.150. The molecular weight excluding hydrogens is 208 g/mol. The maximum Gasteiger partial charge on any atom is 0.336 e. The van der Waals surface area contributed by atoms with Crippen molar-refractivity contribution in [3.63, 3.8) is 0 Å². The van der Waals surface area contributed by atoms with Crippen LogP contribution in [0.15, 0.2) is 23.1 Å². The summed E-state index contributed by atoms with van der Waals surface area (Å²) < 4.78 is 0. The summed E-state index contributed by atoms with van der Waals surface area (Å²) in [6.07, 6.45) is 2.26. The van der Waals surface area contributed by atoms with Gasteiger partial charge in [-0.3, -0.25) is 0 Å². The minimum absolute atomic E-state index is 0.427. The second-order valence-corrected chi connectivity index (χ2v) is 4.64. The van der Waals surface area contributed by atoms with E-state index in [9.17, 15) is 4.79 Å². The van der Waals surface area contributed by atoms with Crippen LogP contribution in [0.2, 0.25) is 0 Å². The summed E-state index contributed by atoms with van der Waals surface area (Å²) in [6, 6.07) is 5.59. The predicted octanol–water partition coefficient (Wildman–Crippen LogP) is 3.59. The average Bonchev–Trinajstić information content (AvgIpc) is 2.20. The summed E-state index contributed by atoms with van der Waals surface area (Å²) in [7, 11) is 0. The van der Waals surface area contributed by atoms with Crippen molar-refractivity contribution in [2.75, 3.05) is 5.75 Å². The Morgan fingerprint density at radius 3 is 2.80 bits per heavy atom. The monoisotopic (exact) mass is 224 g/mol. The Bertz CT molecular complexity index is 347. The number of hydrogen-bond donors (Lipinski definition) is 1. The van der Waals surface area contributed by atoms with Crippen LogP contribution in [0.3, 0.4) is 0 Å². The van der Waals surface area contributed by atoms with Crippen LogP contribution in [-0.2, 0) is 0 Å². The van der Waals surface area contributed by atoms with E-state index >= 15 is 0 Å². The van der Waals surface area contributed by atoms with Gasteiger partial charge in [-0.15, -0.1) is 11.8 Å². The highest BCUT2D eigenvalue weighted by atomic mass is 32.2. The lowest BCUT2D eigenvalue weighted by molar-refractivity contribution is 0.0693. The van der Waals surface area contributed by atoms with Crippen LogP contribution in [0.4, 0.5) is 0 Å². The van der Waals surface area contributed by atoms with E-state index in [1.807, 2.05) is 19.1 Å². The Morgan fingerprint density at radius 1 is 1.47 bits per heavy atom. The number of carboxylic acid groups (broad SMARTS) is 1. The number of carbonyl (C=O) groups is 1. The second-order valence-electron chi connectivity index (χ2n) is 3.51. The lowest BCUT2D eigenvalue weighted by Crippen LogP contribution is -1.99. The van der Waals surface area contributed by atoms with E-state index in [-0.39, 0.29) is 0 Å². The number of hydrogen-bond acceptors (Lipinski definition) is 2. The van der Waals surface area contributed by atoms with Crippen molar-refractivity contribution in [3.05, 3.63) is 29.3 Å². The van der Waals surface area contributed by atoms with Crippen molar-refractivity contribution in [1.82, 2.24) is 0 Å². The van der Waals surface area contributed by atoms with E-state index in [2.05, 4.69) is 6.92 Å². The van der Waals surface area contributed by atoms with Gasteiger partial charge in [0.2, 0.25) is 0 Å². The summed E-state index contributed by atoms with van der Waals surface area (Å²) in [5, 5.41) is 9.03. The average molecular weight is 224 g/mol. The van der Waals surface area contributed by atoms with E-state index < -0.39 is 5.97 Å². The molecule has 0 saturated heterocycles. The molecule has 2 nitrogen and oxygen atoms in total. The van der Waals surface area contributed by atoms with Crippen LogP contribution in [-0.4, -0.2) is 16.8 Å². The first kappa shape index (κ1) is 12.1. The van der Waals surface area contributed by atoms with E-state index in [0.717, 1.165) is 29.1 Å².